The zero-order valence-electron chi connectivity index (χ0n) is 20.2. The highest BCUT2D eigenvalue weighted by Gasteiger charge is 2.25. The number of halogens is 1. The Bertz CT molecular complexity index is 1370. The van der Waals surface area contributed by atoms with E-state index in [2.05, 4.69) is 15.5 Å². The van der Waals surface area contributed by atoms with Crippen LogP contribution in [-0.4, -0.2) is 29.4 Å². The highest BCUT2D eigenvalue weighted by atomic mass is 19.1. The van der Waals surface area contributed by atoms with Gasteiger partial charge in [0, 0.05) is 32.1 Å². The first-order valence-electron chi connectivity index (χ1n) is 11.0. The fraction of sp³-hybridized carbons (Fsp3) is 0.208. The number of carbonyl (C=O) groups excluding carboxylic acids is 1. The maximum atomic E-state index is 14.2. The van der Waals surface area contributed by atoms with E-state index in [-0.39, 0.29) is 11.4 Å². The Kier molecular flexibility index (Phi) is 8.40. The van der Waals surface area contributed by atoms with Gasteiger partial charge in [0.1, 0.15) is 11.4 Å². The van der Waals surface area contributed by atoms with Gasteiger partial charge in [-0.1, -0.05) is 30.3 Å². The maximum Gasteiger partial charge on any atom is 0.311 e. The Hall–Kier alpha value is -4.94. The number of nitro benzene ring substituents is 2. The third-order valence-electron chi connectivity index (χ3n) is 5.25. The molecule has 13 heteroatoms. The number of nitro groups is 2. The van der Waals surface area contributed by atoms with E-state index in [1.165, 1.54) is 20.1 Å². The first-order valence-corrected chi connectivity index (χ1v) is 11.0. The SMILES string of the molecule is CCN(Cc1ccccc1)c1cc(NC(C)=O)c(N=Nc2cc(F)c([N+](=O)[O-])cc2[N+](=O)[O-])cc1OC. The molecule has 1 N–H and O–H groups in total. The van der Waals surface area contributed by atoms with Crippen LogP contribution < -0.4 is 15.0 Å². The molecule has 12 nitrogen and oxygen atoms in total. The van der Waals surface area contributed by atoms with Crippen molar-refractivity contribution in [2.24, 2.45) is 10.2 Å². The minimum absolute atomic E-state index is 0.0691. The van der Waals surface area contributed by atoms with Gasteiger partial charge in [-0.2, -0.15) is 4.39 Å². The highest BCUT2D eigenvalue weighted by Crippen LogP contribution is 2.41. The van der Waals surface area contributed by atoms with E-state index in [1.54, 1.807) is 6.07 Å². The smallest absolute Gasteiger partial charge is 0.311 e. The van der Waals surface area contributed by atoms with Crippen LogP contribution >= 0.6 is 0 Å². The molecule has 0 aliphatic carbocycles. The molecule has 0 fully saturated rings. The van der Waals surface area contributed by atoms with Crippen molar-refractivity contribution in [1.29, 1.82) is 0 Å². The lowest BCUT2D eigenvalue weighted by Crippen LogP contribution is -2.23. The molecule has 0 radical (unpaired) electrons. The van der Waals surface area contributed by atoms with E-state index < -0.39 is 38.6 Å². The molecule has 0 aromatic heterocycles. The molecule has 0 aliphatic heterocycles. The second-order valence-electron chi connectivity index (χ2n) is 7.73. The molecule has 0 heterocycles. The summed E-state index contributed by atoms with van der Waals surface area (Å²) in [6, 6.07) is 13.9. The number of rotatable bonds is 10. The van der Waals surface area contributed by atoms with Gasteiger partial charge in [-0.05, 0) is 18.6 Å². The number of carbonyl (C=O) groups is 1. The monoisotopic (exact) mass is 510 g/mol. The van der Waals surface area contributed by atoms with Crippen molar-refractivity contribution in [2.75, 3.05) is 23.9 Å². The molecule has 3 aromatic rings. The standard InChI is InChI=1S/C24H23FN6O6/c1-4-29(14-16-8-6-5-7-9-16)23-11-18(26-15(2)32)19(12-24(23)37-3)27-28-20-10-17(25)21(30(33)34)13-22(20)31(35)36/h5-13H,4,14H2,1-3H3,(H,26,32). The molecular weight excluding hydrogens is 487 g/mol. The second-order valence-corrected chi connectivity index (χ2v) is 7.73. The van der Waals surface area contributed by atoms with Crippen molar-refractivity contribution >= 4 is 40.0 Å². The van der Waals surface area contributed by atoms with E-state index >= 15 is 0 Å². The van der Waals surface area contributed by atoms with E-state index in [0.717, 1.165) is 5.56 Å². The number of nitrogens with one attached hydrogen (secondary N) is 1. The van der Waals surface area contributed by atoms with Gasteiger partial charge >= 0.3 is 11.4 Å². The number of amides is 1. The van der Waals surface area contributed by atoms with Gasteiger partial charge in [-0.25, -0.2) is 0 Å². The molecule has 0 saturated heterocycles. The number of azo groups is 1. The highest BCUT2D eigenvalue weighted by molar-refractivity contribution is 5.93. The topological polar surface area (TPSA) is 153 Å². The minimum Gasteiger partial charge on any atom is -0.494 e. The molecule has 0 spiro atoms. The van der Waals surface area contributed by atoms with Crippen molar-refractivity contribution in [1.82, 2.24) is 0 Å². The van der Waals surface area contributed by atoms with E-state index in [0.29, 0.717) is 36.7 Å². The van der Waals surface area contributed by atoms with Crippen LogP contribution in [0.2, 0.25) is 0 Å². The quantitative estimate of drug-likeness (QED) is 0.198. The van der Waals surface area contributed by atoms with Crippen LogP contribution in [0.3, 0.4) is 0 Å². The van der Waals surface area contributed by atoms with Crippen LogP contribution in [0.5, 0.6) is 5.75 Å². The van der Waals surface area contributed by atoms with Gasteiger partial charge in [-0.3, -0.25) is 25.0 Å². The van der Waals surface area contributed by atoms with Crippen LogP contribution in [0, 0.1) is 26.0 Å². The summed E-state index contributed by atoms with van der Waals surface area (Å²) in [5, 5.41) is 32.8. The lowest BCUT2D eigenvalue weighted by molar-refractivity contribution is -0.395. The summed E-state index contributed by atoms with van der Waals surface area (Å²) in [4.78, 5) is 34.3. The Balaban J connectivity index is 2.09. The Labute approximate surface area is 210 Å². The maximum absolute atomic E-state index is 14.2. The average Bonchev–Trinajstić information content (AvgIpc) is 2.86. The lowest BCUT2D eigenvalue weighted by Gasteiger charge is -2.26. The van der Waals surface area contributed by atoms with Crippen LogP contribution in [0.1, 0.15) is 19.4 Å². The van der Waals surface area contributed by atoms with Gasteiger partial charge in [0.25, 0.3) is 0 Å². The fourth-order valence-corrected chi connectivity index (χ4v) is 3.53. The Morgan fingerprint density at radius 2 is 1.68 bits per heavy atom. The van der Waals surface area contributed by atoms with Crippen LogP contribution in [0.4, 0.5) is 38.5 Å². The Morgan fingerprint density at radius 3 is 2.24 bits per heavy atom. The van der Waals surface area contributed by atoms with Gasteiger partial charge in [-0.15, -0.1) is 10.2 Å². The summed E-state index contributed by atoms with van der Waals surface area (Å²) in [6.45, 7) is 4.39. The van der Waals surface area contributed by atoms with Crippen molar-refractivity contribution in [3.63, 3.8) is 0 Å². The average molecular weight is 510 g/mol. The summed E-state index contributed by atoms with van der Waals surface area (Å²) in [5.41, 5.74) is -0.421. The molecule has 3 aromatic carbocycles. The molecule has 192 valence electrons. The van der Waals surface area contributed by atoms with Crippen molar-refractivity contribution in [2.45, 2.75) is 20.4 Å². The fourth-order valence-electron chi connectivity index (χ4n) is 3.53. The van der Waals surface area contributed by atoms with E-state index in [1.807, 2.05) is 42.2 Å². The van der Waals surface area contributed by atoms with Crippen LogP contribution in [0.15, 0.2) is 64.8 Å². The van der Waals surface area contributed by atoms with Gasteiger partial charge in [0.15, 0.2) is 5.69 Å². The number of benzene rings is 3. The molecular formula is C24H23FN6O6. The largest absolute Gasteiger partial charge is 0.494 e. The predicted molar refractivity (Wildman–Crippen MR) is 134 cm³/mol. The second kappa shape index (κ2) is 11.7. The summed E-state index contributed by atoms with van der Waals surface area (Å²) >= 11 is 0. The molecule has 3 rings (SSSR count). The van der Waals surface area contributed by atoms with E-state index in [4.69, 9.17) is 4.74 Å². The first kappa shape index (κ1) is 26.7. The van der Waals surface area contributed by atoms with Crippen LogP contribution in [0.25, 0.3) is 0 Å². The number of nitrogens with zero attached hydrogens (tertiary/aromatic N) is 5. The third kappa shape index (κ3) is 6.39. The number of anilines is 2. The number of methoxy groups -OCH3 is 1. The summed E-state index contributed by atoms with van der Waals surface area (Å²) in [6.07, 6.45) is 0. The molecule has 0 unspecified atom stereocenters. The minimum atomic E-state index is -1.31. The third-order valence-corrected chi connectivity index (χ3v) is 5.25. The lowest BCUT2D eigenvalue weighted by atomic mass is 10.1. The first-order chi connectivity index (χ1) is 17.6. The molecule has 0 aliphatic rings. The number of hydrogen-bond donors (Lipinski definition) is 1. The Morgan fingerprint density at radius 1 is 1.03 bits per heavy atom. The van der Waals surface area contributed by atoms with Crippen molar-refractivity contribution < 1.29 is 23.8 Å². The van der Waals surface area contributed by atoms with Gasteiger partial charge in [0.05, 0.1) is 34.4 Å². The summed E-state index contributed by atoms with van der Waals surface area (Å²) in [5.74, 6) is -1.34. The number of hydrogen-bond acceptors (Lipinski definition) is 9. The van der Waals surface area contributed by atoms with Gasteiger partial charge in [0.2, 0.25) is 11.7 Å². The molecule has 37 heavy (non-hydrogen) atoms. The van der Waals surface area contributed by atoms with E-state index in [9.17, 15) is 29.4 Å². The zero-order chi connectivity index (χ0) is 27.1. The summed E-state index contributed by atoms with van der Waals surface area (Å²) in [7, 11) is 1.45. The zero-order valence-corrected chi connectivity index (χ0v) is 20.2. The molecule has 1 amide bonds. The molecule has 0 atom stereocenters. The molecule has 0 bridgehead atoms. The van der Waals surface area contributed by atoms with Crippen molar-refractivity contribution in [3.8, 4) is 5.75 Å². The number of ether oxygens (including phenoxy) is 1. The predicted octanol–water partition coefficient (Wildman–Crippen LogP) is 6.05. The van der Waals surface area contributed by atoms with Crippen molar-refractivity contribution in [3.05, 3.63) is 86.2 Å². The molecule has 0 saturated carbocycles. The van der Waals surface area contributed by atoms with Crippen LogP contribution in [-0.2, 0) is 11.3 Å². The normalized spacial score (nSPS) is 10.8. The summed E-state index contributed by atoms with van der Waals surface area (Å²) < 4.78 is 19.7. The van der Waals surface area contributed by atoms with Gasteiger partial charge < -0.3 is 15.0 Å².